The van der Waals surface area contributed by atoms with E-state index in [1.165, 1.54) is 29.5 Å². The normalized spacial score (nSPS) is 17.9. The van der Waals surface area contributed by atoms with Gasteiger partial charge in [0.1, 0.15) is 23.3 Å². The monoisotopic (exact) mass is 680 g/mol. The summed E-state index contributed by atoms with van der Waals surface area (Å²) in [4.78, 5) is 38.7. The molecule has 9 nitrogen and oxygen atoms in total. The zero-order valence-electron chi connectivity index (χ0n) is 25.9. The lowest BCUT2D eigenvalue weighted by atomic mass is 9.93. The number of fused-ring (bicyclic) bond motifs is 5. The van der Waals surface area contributed by atoms with Crippen LogP contribution in [0.15, 0.2) is 63.9 Å². The van der Waals surface area contributed by atoms with E-state index in [1.54, 1.807) is 18.3 Å². The van der Waals surface area contributed by atoms with E-state index in [0.717, 1.165) is 39.4 Å². The average Bonchev–Trinajstić information content (AvgIpc) is 3.92. The van der Waals surface area contributed by atoms with Crippen LogP contribution in [0, 0.1) is 17.5 Å². The average molecular weight is 681 g/mol. The van der Waals surface area contributed by atoms with E-state index in [1.807, 2.05) is 17.0 Å². The number of rotatable bonds is 7. The Hall–Kier alpha value is -5.30. The summed E-state index contributed by atoms with van der Waals surface area (Å²) in [6.07, 6.45) is 5.31. The number of aromatic amines is 1. The molecule has 2 aliphatic heterocycles. The molecule has 1 fully saturated rings. The number of benzene rings is 2. The van der Waals surface area contributed by atoms with Gasteiger partial charge in [0.05, 0.1) is 39.3 Å². The van der Waals surface area contributed by atoms with Gasteiger partial charge in [-0.15, -0.1) is 16.4 Å². The predicted molar refractivity (Wildman–Crippen MR) is 177 cm³/mol. The fraction of sp³-hybridized carbons (Fsp3) is 0.250. The minimum absolute atomic E-state index is 0.0183. The lowest BCUT2D eigenvalue weighted by Crippen LogP contribution is -2.22. The SMILES string of the molecule is O=C1c2c(nc(CCc3ccc(F)cc3)c(-c3n[nH]c(=O)o3)c2-c2cc3ccnc(N[C@H]4CCc5c(F)cc(F)cc54)c3s2)[C@@H]2CCCN12. The number of carbonyl (C=O) groups excluding carboxylic acids is 1. The van der Waals surface area contributed by atoms with Crippen molar-refractivity contribution in [1.82, 2.24) is 25.1 Å². The number of nitrogens with zero attached hydrogens (tertiary/aromatic N) is 4. The highest BCUT2D eigenvalue weighted by atomic mass is 32.1. The van der Waals surface area contributed by atoms with Crippen molar-refractivity contribution in [2.45, 2.75) is 50.6 Å². The molecule has 6 heterocycles. The third-order valence-corrected chi connectivity index (χ3v) is 11.0. The van der Waals surface area contributed by atoms with Crippen molar-refractivity contribution in [3.05, 3.63) is 116 Å². The van der Waals surface area contributed by atoms with Crippen molar-refractivity contribution in [3.8, 4) is 21.9 Å². The Morgan fingerprint density at radius 1 is 0.980 bits per heavy atom. The molecule has 0 bridgehead atoms. The van der Waals surface area contributed by atoms with Crippen LogP contribution in [0.1, 0.15) is 69.8 Å². The summed E-state index contributed by atoms with van der Waals surface area (Å²) in [5.41, 5.74) is 4.75. The summed E-state index contributed by atoms with van der Waals surface area (Å²) in [7, 11) is 0. The van der Waals surface area contributed by atoms with E-state index >= 15 is 0 Å². The number of halogens is 3. The highest BCUT2D eigenvalue weighted by Crippen LogP contribution is 2.50. The molecule has 9 rings (SSSR count). The van der Waals surface area contributed by atoms with Gasteiger partial charge in [-0.25, -0.2) is 28.0 Å². The van der Waals surface area contributed by atoms with Crippen molar-refractivity contribution >= 4 is 33.1 Å². The first-order valence-electron chi connectivity index (χ1n) is 16.1. The molecule has 3 aliphatic rings. The fourth-order valence-electron chi connectivity index (χ4n) is 7.61. The van der Waals surface area contributed by atoms with E-state index in [-0.39, 0.29) is 29.7 Å². The first kappa shape index (κ1) is 29.8. The van der Waals surface area contributed by atoms with Gasteiger partial charge >= 0.3 is 5.76 Å². The number of hydrogen-bond donors (Lipinski definition) is 2. The van der Waals surface area contributed by atoms with Gasteiger partial charge in [0.2, 0.25) is 0 Å². The zero-order chi connectivity index (χ0) is 33.4. The van der Waals surface area contributed by atoms with Gasteiger partial charge in [0, 0.05) is 29.2 Å². The molecule has 2 N–H and O–H groups in total. The molecule has 1 amide bonds. The number of anilines is 1. The Morgan fingerprint density at radius 3 is 2.65 bits per heavy atom. The number of carbonyl (C=O) groups is 1. The van der Waals surface area contributed by atoms with E-state index in [0.29, 0.717) is 77.3 Å². The van der Waals surface area contributed by atoms with Crippen molar-refractivity contribution < 1.29 is 22.4 Å². The summed E-state index contributed by atoms with van der Waals surface area (Å²) in [6, 6.07) is 11.9. The van der Waals surface area contributed by atoms with Crippen LogP contribution in [0.5, 0.6) is 0 Å². The standard InChI is InChI=1S/C36H27F3N6O3S/c37-19-6-3-17(4-7-19)5-9-25-28(34-43-44-36(47)48-34)29(30-31(41-25)26-2-1-13-45(26)35(30)46)27-14-18-11-12-40-33(32(18)49-27)42-24-10-8-21-22(24)15-20(38)16-23(21)39/h3-4,6-7,11-12,14-16,24,26H,1-2,5,8-10,13H2,(H,40,42)(H,44,47)/t24-,26-/m0/s1. The Labute approximate surface area is 280 Å². The van der Waals surface area contributed by atoms with Gasteiger partial charge in [-0.05, 0) is 90.9 Å². The van der Waals surface area contributed by atoms with Crippen LogP contribution in [0.2, 0.25) is 0 Å². The summed E-state index contributed by atoms with van der Waals surface area (Å²) < 4.78 is 48.8. The van der Waals surface area contributed by atoms with Crippen LogP contribution in [0.3, 0.4) is 0 Å². The van der Waals surface area contributed by atoms with E-state index in [9.17, 15) is 22.8 Å². The number of pyridine rings is 2. The number of nitrogens with one attached hydrogen (secondary N) is 2. The van der Waals surface area contributed by atoms with Crippen molar-refractivity contribution in [3.63, 3.8) is 0 Å². The van der Waals surface area contributed by atoms with E-state index in [4.69, 9.17) is 9.40 Å². The number of thiophene rings is 1. The third kappa shape index (κ3) is 4.94. The zero-order valence-corrected chi connectivity index (χ0v) is 26.7. The predicted octanol–water partition coefficient (Wildman–Crippen LogP) is 7.29. The van der Waals surface area contributed by atoms with Crippen LogP contribution in [-0.2, 0) is 19.3 Å². The second-order valence-corrected chi connectivity index (χ2v) is 13.7. The van der Waals surface area contributed by atoms with Gasteiger partial charge in [-0.2, -0.15) is 0 Å². The molecule has 13 heteroatoms. The lowest BCUT2D eigenvalue weighted by molar-refractivity contribution is 0.0776. The molecule has 0 spiro atoms. The first-order chi connectivity index (χ1) is 23.8. The minimum atomic E-state index is -0.741. The van der Waals surface area contributed by atoms with Crippen molar-refractivity contribution in [1.29, 1.82) is 0 Å². The van der Waals surface area contributed by atoms with Gasteiger partial charge in [0.25, 0.3) is 11.8 Å². The van der Waals surface area contributed by atoms with E-state index in [2.05, 4.69) is 20.5 Å². The molecule has 0 radical (unpaired) electrons. The lowest BCUT2D eigenvalue weighted by Gasteiger charge is -2.16. The molecule has 246 valence electrons. The summed E-state index contributed by atoms with van der Waals surface area (Å²) in [6.45, 7) is 0.617. The van der Waals surface area contributed by atoms with Gasteiger partial charge in [-0.1, -0.05) is 12.1 Å². The molecule has 0 unspecified atom stereocenters. The largest absolute Gasteiger partial charge is 0.434 e. The molecule has 1 aliphatic carbocycles. The van der Waals surface area contributed by atoms with Crippen molar-refractivity contribution in [2.24, 2.45) is 0 Å². The summed E-state index contributed by atoms with van der Waals surface area (Å²) in [5, 5.41) is 10.8. The first-order valence-corrected chi connectivity index (χ1v) is 17.0. The Morgan fingerprint density at radius 2 is 1.84 bits per heavy atom. The molecule has 2 atom stereocenters. The highest BCUT2D eigenvalue weighted by molar-refractivity contribution is 7.23. The molecule has 6 aromatic rings. The second kappa shape index (κ2) is 11.4. The quantitative estimate of drug-likeness (QED) is 0.182. The molecule has 1 saturated heterocycles. The number of aryl methyl sites for hydroxylation is 2. The molecule has 0 saturated carbocycles. The molecular formula is C36H27F3N6O3S. The number of H-pyrrole nitrogens is 1. The van der Waals surface area contributed by atoms with Gasteiger partial charge in [-0.3, -0.25) is 9.78 Å². The second-order valence-electron chi connectivity index (χ2n) is 12.6. The Balaban J connectivity index is 1.21. The number of aromatic nitrogens is 4. The topological polar surface area (TPSA) is 117 Å². The van der Waals surface area contributed by atoms with Crippen LogP contribution in [0.4, 0.5) is 19.0 Å². The Bertz CT molecular complexity index is 2370. The fourth-order valence-corrected chi connectivity index (χ4v) is 8.77. The van der Waals surface area contributed by atoms with Crippen LogP contribution >= 0.6 is 11.3 Å². The van der Waals surface area contributed by atoms with Gasteiger partial charge < -0.3 is 14.6 Å². The third-order valence-electron chi connectivity index (χ3n) is 9.80. The highest BCUT2D eigenvalue weighted by Gasteiger charge is 2.45. The molecule has 49 heavy (non-hydrogen) atoms. The molecule has 2 aromatic carbocycles. The smallest absolute Gasteiger partial charge is 0.388 e. The maximum atomic E-state index is 14.5. The van der Waals surface area contributed by atoms with E-state index < -0.39 is 17.4 Å². The minimum Gasteiger partial charge on any atom is -0.388 e. The number of hydrogen-bond acceptors (Lipinski definition) is 8. The van der Waals surface area contributed by atoms with Crippen molar-refractivity contribution in [2.75, 3.05) is 11.9 Å². The van der Waals surface area contributed by atoms with Crippen LogP contribution < -0.4 is 11.1 Å². The maximum Gasteiger partial charge on any atom is 0.434 e. The summed E-state index contributed by atoms with van der Waals surface area (Å²) in [5.74, 6) is -1.81. The number of amides is 1. The van der Waals surface area contributed by atoms with Gasteiger partial charge in [0.15, 0.2) is 0 Å². The summed E-state index contributed by atoms with van der Waals surface area (Å²) >= 11 is 1.41. The molecule has 4 aromatic heterocycles. The molecular weight excluding hydrogens is 653 g/mol. The maximum absolute atomic E-state index is 14.5. The van der Waals surface area contributed by atoms with Crippen LogP contribution in [-0.4, -0.2) is 37.5 Å². The van der Waals surface area contributed by atoms with Crippen LogP contribution in [0.25, 0.3) is 32.0 Å². The Kier molecular flexibility index (Phi) is 6.94.